The SMILES string of the molecule is CC(=O)c1c(Cl)n(C)c2cccc(I)c12. The summed E-state index contributed by atoms with van der Waals surface area (Å²) in [6, 6.07) is 5.91. The number of aryl methyl sites for hydroxylation is 1. The Balaban J connectivity index is 3.02. The number of hydrogen-bond donors (Lipinski definition) is 0. The van der Waals surface area contributed by atoms with Crippen LogP contribution in [0.1, 0.15) is 17.3 Å². The van der Waals surface area contributed by atoms with Gasteiger partial charge in [0.05, 0.1) is 11.1 Å². The minimum atomic E-state index is 0.00900. The van der Waals surface area contributed by atoms with Gasteiger partial charge < -0.3 is 4.57 Å². The standard InChI is InChI=1S/C11H9ClINO/c1-6(15)9-10-7(13)4-3-5-8(10)14(2)11(9)12/h3-5H,1-2H3. The lowest BCUT2D eigenvalue weighted by atomic mass is 10.1. The van der Waals surface area contributed by atoms with Gasteiger partial charge in [-0.2, -0.15) is 0 Å². The van der Waals surface area contributed by atoms with Crippen LogP contribution < -0.4 is 0 Å². The van der Waals surface area contributed by atoms with Crippen molar-refractivity contribution in [3.05, 3.63) is 32.5 Å². The molecule has 0 fully saturated rings. The number of fused-ring (bicyclic) bond motifs is 1. The molecule has 0 aliphatic carbocycles. The topological polar surface area (TPSA) is 22.0 Å². The Morgan fingerprint density at radius 1 is 1.47 bits per heavy atom. The highest BCUT2D eigenvalue weighted by Gasteiger charge is 2.18. The van der Waals surface area contributed by atoms with E-state index < -0.39 is 0 Å². The molecule has 0 aliphatic rings. The smallest absolute Gasteiger partial charge is 0.163 e. The summed E-state index contributed by atoms with van der Waals surface area (Å²) in [5.74, 6) is 0.00900. The summed E-state index contributed by atoms with van der Waals surface area (Å²) >= 11 is 8.37. The van der Waals surface area contributed by atoms with Crippen molar-refractivity contribution in [3.63, 3.8) is 0 Å². The van der Waals surface area contributed by atoms with E-state index in [-0.39, 0.29) is 5.78 Å². The predicted octanol–water partition coefficient (Wildman–Crippen LogP) is 3.64. The van der Waals surface area contributed by atoms with Gasteiger partial charge in [0.15, 0.2) is 5.78 Å². The Morgan fingerprint density at radius 2 is 2.13 bits per heavy atom. The maximum absolute atomic E-state index is 11.5. The lowest BCUT2D eigenvalue weighted by Gasteiger charge is -1.97. The van der Waals surface area contributed by atoms with E-state index in [0.29, 0.717) is 10.7 Å². The zero-order chi connectivity index (χ0) is 11.2. The van der Waals surface area contributed by atoms with E-state index >= 15 is 0 Å². The largest absolute Gasteiger partial charge is 0.334 e. The molecule has 0 N–H and O–H groups in total. The molecule has 4 heteroatoms. The van der Waals surface area contributed by atoms with Gasteiger partial charge in [-0.05, 0) is 41.6 Å². The lowest BCUT2D eigenvalue weighted by Crippen LogP contribution is -1.93. The average molecular weight is 334 g/mol. The van der Waals surface area contributed by atoms with Crippen molar-refractivity contribution >= 4 is 50.9 Å². The average Bonchev–Trinajstić information content (AvgIpc) is 2.43. The maximum Gasteiger partial charge on any atom is 0.163 e. The molecule has 1 aromatic carbocycles. The second kappa shape index (κ2) is 3.79. The highest BCUT2D eigenvalue weighted by atomic mass is 127. The number of benzene rings is 1. The van der Waals surface area contributed by atoms with Crippen molar-refractivity contribution in [2.75, 3.05) is 0 Å². The van der Waals surface area contributed by atoms with E-state index in [9.17, 15) is 4.79 Å². The van der Waals surface area contributed by atoms with Crippen molar-refractivity contribution in [1.82, 2.24) is 4.57 Å². The molecule has 0 bridgehead atoms. The van der Waals surface area contributed by atoms with Gasteiger partial charge in [-0.3, -0.25) is 4.79 Å². The van der Waals surface area contributed by atoms with E-state index in [1.165, 1.54) is 0 Å². The van der Waals surface area contributed by atoms with Crippen LogP contribution in [-0.2, 0) is 7.05 Å². The first kappa shape index (κ1) is 11.0. The second-order valence-corrected chi connectivity index (χ2v) is 4.94. The minimum Gasteiger partial charge on any atom is -0.334 e. The first-order chi connectivity index (χ1) is 7.04. The first-order valence-corrected chi connectivity index (χ1v) is 5.93. The van der Waals surface area contributed by atoms with Gasteiger partial charge in [0.25, 0.3) is 0 Å². The molecule has 0 unspecified atom stereocenters. The van der Waals surface area contributed by atoms with Gasteiger partial charge in [0.2, 0.25) is 0 Å². The fourth-order valence-corrected chi connectivity index (χ4v) is 2.81. The number of rotatable bonds is 1. The predicted molar refractivity (Wildman–Crippen MR) is 70.7 cm³/mol. The molecule has 0 amide bonds. The highest BCUT2D eigenvalue weighted by molar-refractivity contribution is 14.1. The molecule has 78 valence electrons. The van der Waals surface area contributed by atoms with E-state index in [1.807, 2.05) is 29.8 Å². The number of halogens is 2. The number of aromatic nitrogens is 1. The van der Waals surface area contributed by atoms with Gasteiger partial charge >= 0.3 is 0 Å². The van der Waals surface area contributed by atoms with E-state index in [1.54, 1.807) is 6.92 Å². The van der Waals surface area contributed by atoms with Crippen LogP contribution >= 0.6 is 34.2 Å². The van der Waals surface area contributed by atoms with Gasteiger partial charge in [-0.25, -0.2) is 0 Å². The van der Waals surface area contributed by atoms with Crippen LogP contribution in [0.2, 0.25) is 5.15 Å². The van der Waals surface area contributed by atoms with Crippen LogP contribution in [0.25, 0.3) is 10.9 Å². The molecule has 0 aliphatic heterocycles. The molecule has 0 radical (unpaired) electrons. The minimum absolute atomic E-state index is 0.00900. The molecular formula is C11H9ClINO. The third-order valence-corrected chi connectivity index (χ3v) is 3.80. The number of hydrogen-bond acceptors (Lipinski definition) is 1. The third-order valence-electron chi connectivity index (χ3n) is 2.46. The third kappa shape index (κ3) is 1.58. The second-order valence-electron chi connectivity index (χ2n) is 3.41. The van der Waals surface area contributed by atoms with Crippen LogP contribution in [0.4, 0.5) is 0 Å². The summed E-state index contributed by atoms with van der Waals surface area (Å²) in [6.45, 7) is 1.55. The molecule has 0 atom stereocenters. The van der Waals surface area contributed by atoms with Gasteiger partial charge in [-0.1, -0.05) is 17.7 Å². The van der Waals surface area contributed by atoms with Crippen LogP contribution in [0.5, 0.6) is 0 Å². The summed E-state index contributed by atoms with van der Waals surface area (Å²) in [5.41, 5.74) is 1.62. The van der Waals surface area contributed by atoms with Crippen LogP contribution in [0, 0.1) is 3.57 Å². The van der Waals surface area contributed by atoms with Crippen molar-refractivity contribution in [1.29, 1.82) is 0 Å². The Morgan fingerprint density at radius 3 is 2.73 bits per heavy atom. The summed E-state index contributed by atoms with van der Waals surface area (Å²) in [6.07, 6.45) is 0. The number of ketones is 1. The van der Waals surface area contributed by atoms with Crippen molar-refractivity contribution in [2.45, 2.75) is 6.92 Å². The molecule has 0 spiro atoms. The summed E-state index contributed by atoms with van der Waals surface area (Å²) in [5, 5.41) is 1.47. The number of carbonyl (C=O) groups is 1. The van der Waals surface area contributed by atoms with Gasteiger partial charge in [-0.15, -0.1) is 0 Å². The Kier molecular flexibility index (Phi) is 2.77. The number of Topliss-reactive ketones (excluding diaryl/α,β-unsaturated/α-hetero) is 1. The lowest BCUT2D eigenvalue weighted by molar-refractivity contribution is 0.101. The normalized spacial score (nSPS) is 10.9. The van der Waals surface area contributed by atoms with E-state index in [4.69, 9.17) is 11.6 Å². The zero-order valence-corrected chi connectivity index (χ0v) is 11.3. The van der Waals surface area contributed by atoms with Crippen LogP contribution in [-0.4, -0.2) is 10.4 Å². The fraction of sp³-hybridized carbons (Fsp3) is 0.182. The quantitative estimate of drug-likeness (QED) is 0.577. The molecule has 0 saturated heterocycles. The molecule has 1 aromatic heterocycles. The van der Waals surface area contributed by atoms with Crippen molar-refractivity contribution in [2.24, 2.45) is 7.05 Å². The van der Waals surface area contributed by atoms with Crippen LogP contribution in [0.3, 0.4) is 0 Å². The zero-order valence-electron chi connectivity index (χ0n) is 8.34. The molecule has 2 rings (SSSR count). The Hall–Kier alpha value is -0.550. The molecule has 2 nitrogen and oxygen atoms in total. The highest BCUT2D eigenvalue weighted by Crippen LogP contribution is 2.32. The van der Waals surface area contributed by atoms with Gasteiger partial charge in [0, 0.05) is 16.0 Å². The Labute approximate surface area is 106 Å². The van der Waals surface area contributed by atoms with Gasteiger partial charge in [0.1, 0.15) is 5.15 Å². The molecular weight excluding hydrogens is 324 g/mol. The van der Waals surface area contributed by atoms with Crippen molar-refractivity contribution in [3.8, 4) is 0 Å². The first-order valence-electron chi connectivity index (χ1n) is 4.47. The van der Waals surface area contributed by atoms with E-state index in [2.05, 4.69) is 22.6 Å². The summed E-state index contributed by atoms with van der Waals surface area (Å²) in [7, 11) is 1.87. The van der Waals surface area contributed by atoms with Crippen molar-refractivity contribution < 1.29 is 4.79 Å². The maximum atomic E-state index is 11.5. The van der Waals surface area contributed by atoms with Crippen LogP contribution in [0.15, 0.2) is 18.2 Å². The summed E-state index contributed by atoms with van der Waals surface area (Å²) < 4.78 is 2.90. The monoisotopic (exact) mass is 333 g/mol. The number of carbonyl (C=O) groups excluding carboxylic acids is 1. The molecule has 0 saturated carbocycles. The van der Waals surface area contributed by atoms with E-state index in [0.717, 1.165) is 14.5 Å². The molecule has 15 heavy (non-hydrogen) atoms. The molecule has 2 aromatic rings. The molecule has 1 heterocycles. The fourth-order valence-electron chi connectivity index (χ4n) is 1.74. The Bertz CT molecular complexity index is 559. The number of nitrogens with zero attached hydrogens (tertiary/aromatic N) is 1. The summed E-state index contributed by atoms with van der Waals surface area (Å²) in [4.78, 5) is 11.5.